The predicted molar refractivity (Wildman–Crippen MR) is 77.4 cm³/mol. The molecule has 0 aliphatic rings. The van der Waals surface area contributed by atoms with E-state index in [2.05, 4.69) is 34.6 Å². The first kappa shape index (κ1) is 17.0. The normalized spacial score (nSPS) is 15.2. The molecule has 0 fully saturated rings. The molecule has 0 aliphatic heterocycles. The van der Waals surface area contributed by atoms with E-state index >= 15 is 0 Å². The third kappa shape index (κ3) is 12.2. The molecule has 0 N–H and O–H groups in total. The summed E-state index contributed by atoms with van der Waals surface area (Å²) in [4.78, 5) is 0. The van der Waals surface area contributed by atoms with Crippen LogP contribution in [0.4, 0.5) is 0 Å². The van der Waals surface area contributed by atoms with Crippen LogP contribution in [0.25, 0.3) is 0 Å². The highest BCUT2D eigenvalue weighted by molar-refractivity contribution is 4.60. The Balaban J connectivity index is 3.30. The van der Waals surface area contributed by atoms with Gasteiger partial charge in [-0.3, -0.25) is 0 Å². The van der Waals surface area contributed by atoms with Crippen LogP contribution >= 0.6 is 0 Å². The number of hydrogen-bond acceptors (Lipinski definition) is 1. The number of ether oxygens (including phenoxy) is 1. The number of hydrogen-bond donors (Lipinski definition) is 0. The molecule has 0 aliphatic carbocycles. The van der Waals surface area contributed by atoms with Crippen molar-refractivity contribution in [3.8, 4) is 0 Å². The molecule has 1 heteroatoms. The molecular formula is C16H34O. The van der Waals surface area contributed by atoms with Gasteiger partial charge < -0.3 is 4.74 Å². The lowest BCUT2D eigenvalue weighted by Crippen LogP contribution is -2.05. The van der Waals surface area contributed by atoms with Gasteiger partial charge in [-0.1, -0.05) is 52.9 Å². The smallest absolute Gasteiger partial charge is 0.0518 e. The first-order valence-corrected chi connectivity index (χ1v) is 7.67. The van der Waals surface area contributed by atoms with Gasteiger partial charge in [-0.15, -0.1) is 0 Å². The van der Waals surface area contributed by atoms with E-state index in [0.717, 1.165) is 18.4 Å². The minimum absolute atomic E-state index is 0.392. The third-order valence-corrected chi connectivity index (χ3v) is 3.38. The fraction of sp³-hybridized carbons (Fsp3) is 1.00. The maximum Gasteiger partial charge on any atom is 0.0518 e. The summed E-state index contributed by atoms with van der Waals surface area (Å²) in [6.07, 6.45) is 9.87. The highest BCUT2D eigenvalue weighted by atomic mass is 16.5. The fourth-order valence-corrected chi connectivity index (χ4v) is 2.51. The first-order chi connectivity index (χ1) is 8.06. The Morgan fingerprint density at radius 2 is 1.47 bits per heavy atom. The van der Waals surface area contributed by atoms with Crippen LogP contribution in [-0.2, 0) is 4.74 Å². The highest BCUT2D eigenvalue weighted by Gasteiger charge is 2.07. The highest BCUT2D eigenvalue weighted by Crippen LogP contribution is 2.21. The van der Waals surface area contributed by atoms with Crippen molar-refractivity contribution >= 4 is 0 Å². The zero-order valence-corrected chi connectivity index (χ0v) is 12.8. The summed E-state index contributed by atoms with van der Waals surface area (Å²) in [5.41, 5.74) is 0. The van der Waals surface area contributed by atoms with Gasteiger partial charge in [0.1, 0.15) is 0 Å². The Labute approximate surface area is 109 Å². The summed E-state index contributed by atoms with van der Waals surface area (Å²) in [5.74, 6) is 1.82. The van der Waals surface area contributed by atoms with E-state index in [0.29, 0.717) is 6.10 Å². The molecule has 0 saturated heterocycles. The van der Waals surface area contributed by atoms with Crippen molar-refractivity contribution in [3.05, 3.63) is 0 Å². The monoisotopic (exact) mass is 242 g/mol. The number of unbranched alkanes of at least 4 members (excludes halogenated alkanes) is 2. The molecule has 0 heterocycles. The van der Waals surface area contributed by atoms with E-state index in [9.17, 15) is 0 Å². The van der Waals surface area contributed by atoms with Gasteiger partial charge in [-0.25, -0.2) is 0 Å². The second kappa shape index (κ2) is 11.1. The lowest BCUT2D eigenvalue weighted by Gasteiger charge is -2.16. The summed E-state index contributed by atoms with van der Waals surface area (Å²) in [5, 5.41) is 0. The van der Waals surface area contributed by atoms with Crippen LogP contribution in [0.1, 0.15) is 79.6 Å². The van der Waals surface area contributed by atoms with E-state index in [4.69, 9.17) is 4.74 Å². The molecule has 0 aromatic rings. The second-order valence-corrected chi connectivity index (χ2v) is 6.00. The Hall–Kier alpha value is -0.0400. The van der Waals surface area contributed by atoms with Crippen LogP contribution in [0, 0.1) is 11.8 Å². The molecular weight excluding hydrogens is 208 g/mol. The van der Waals surface area contributed by atoms with Crippen molar-refractivity contribution in [2.24, 2.45) is 11.8 Å². The van der Waals surface area contributed by atoms with E-state index in [1.54, 1.807) is 0 Å². The average molecular weight is 242 g/mol. The van der Waals surface area contributed by atoms with Crippen molar-refractivity contribution in [1.82, 2.24) is 0 Å². The quantitative estimate of drug-likeness (QED) is 0.439. The molecule has 0 bridgehead atoms. The van der Waals surface area contributed by atoms with Gasteiger partial charge in [0.05, 0.1) is 6.10 Å². The molecule has 104 valence electrons. The minimum Gasteiger partial charge on any atom is -0.379 e. The molecule has 0 aromatic heterocycles. The van der Waals surface area contributed by atoms with Crippen LogP contribution in [0.2, 0.25) is 0 Å². The van der Waals surface area contributed by atoms with Crippen LogP contribution in [0.5, 0.6) is 0 Å². The van der Waals surface area contributed by atoms with Gasteiger partial charge in [0.25, 0.3) is 0 Å². The van der Waals surface area contributed by atoms with Gasteiger partial charge in [0.15, 0.2) is 0 Å². The van der Waals surface area contributed by atoms with Crippen LogP contribution in [0.3, 0.4) is 0 Å². The summed E-state index contributed by atoms with van der Waals surface area (Å²) in [7, 11) is 0. The van der Waals surface area contributed by atoms with E-state index in [-0.39, 0.29) is 0 Å². The van der Waals surface area contributed by atoms with Crippen LogP contribution in [0.15, 0.2) is 0 Å². The van der Waals surface area contributed by atoms with Crippen LogP contribution < -0.4 is 0 Å². The average Bonchev–Trinajstić information content (AvgIpc) is 2.23. The first-order valence-electron chi connectivity index (χ1n) is 7.67. The minimum atomic E-state index is 0.392. The summed E-state index contributed by atoms with van der Waals surface area (Å²) in [6.45, 7) is 12.3. The maximum atomic E-state index is 5.55. The summed E-state index contributed by atoms with van der Waals surface area (Å²) >= 11 is 0. The van der Waals surface area contributed by atoms with E-state index in [1.807, 2.05) is 0 Å². The van der Waals surface area contributed by atoms with Crippen LogP contribution in [-0.4, -0.2) is 12.7 Å². The van der Waals surface area contributed by atoms with Crippen molar-refractivity contribution in [2.75, 3.05) is 6.61 Å². The Kier molecular flexibility index (Phi) is 11.0. The standard InChI is InChI=1S/C16H34O/c1-6-10-15(4)13-16(5)11-8-7-9-12-17-14(2)3/h14-16H,6-13H2,1-5H3. The fourth-order valence-electron chi connectivity index (χ4n) is 2.51. The second-order valence-electron chi connectivity index (χ2n) is 6.00. The van der Waals surface area contributed by atoms with Gasteiger partial charge in [-0.2, -0.15) is 0 Å². The summed E-state index contributed by atoms with van der Waals surface area (Å²) < 4.78 is 5.55. The zero-order valence-electron chi connectivity index (χ0n) is 12.8. The van der Waals surface area contributed by atoms with Gasteiger partial charge >= 0.3 is 0 Å². The number of rotatable bonds is 11. The topological polar surface area (TPSA) is 9.23 Å². The lowest BCUT2D eigenvalue weighted by atomic mass is 9.90. The molecule has 0 aromatic carbocycles. The molecule has 2 unspecified atom stereocenters. The van der Waals surface area contributed by atoms with Crippen molar-refractivity contribution in [2.45, 2.75) is 85.7 Å². The molecule has 1 nitrogen and oxygen atoms in total. The Bertz CT molecular complexity index is 154. The SMILES string of the molecule is CCCC(C)CC(C)CCCCCOC(C)C. The Morgan fingerprint density at radius 1 is 0.824 bits per heavy atom. The largest absolute Gasteiger partial charge is 0.379 e. The van der Waals surface area contributed by atoms with Gasteiger partial charge in [0.2, 0.25) is 0 Å². The Morgan fingerprint density at radius 3 is 2.06 bits per heavy atom. The van der Waals surface area contributed by atoms with Crippen molar-refractivity contribution in [1.29, 1.82) is 0 Å². The van der Waals surface area contributed by atoms with Crippen molar-refractivity contribution < 1.29 is 4.74 Å². The van der Waals surface area contributed by atoms with E-state index in [1.165, 1.54) is 44.9 Å². The molecule has 0 saturated carbocycles. The lowest BCUT2D eigenvalue weighted by molar-refractivity contribution is 0.0755. The molecule has 0 spiro atoms. The molecule has 17 heavy (non-hydrogen) atoms. The summed E-state index contributed by atoms with van der Waals surface area (Å²) in [6, 6.07) is 0. The molecule has 2 atom stereocenters. The molecule has 0 rings (SSSR count). The maximum absolute atomic E-state index is 5.55. The van der Waals surface area contributed by atoms with Gasteiger partial charge in [0, 0.05) is 6.61 Å². The van der Waals surface area contributed by atoms with Gasteiger partial charge in [-0.05, 0) is 38.5 Å². The predicted octanol–water partition coefficient (Wildman–Crippen LogP) is 5.43. The zero-order chi connectivity index (χ0) is 13.1. The van der Waals surface area contributed by atoms with Crippen molar-refractivity contribution in [3.63, 3.8) is 0 Å². The third-order valence-electron chi connectivity index (χ3n) is 3.38. The van der Waals surface area contributed by atoms with E-state index < -0.39 is 0 Å². The molecule has 0 radical (unpaired) electrons. The molecule has 0 amide bonds.